The van der Waals surface area contributed by atoms with Crippen LogP contribution < -0.4 is 5.73 Å². The number of rotatable bonds is 5. The van der Waals surface area contributed by atoms with Gasteiger partial charge in [-0.3, -0.25) is 0 Å². The smallest absolute Gasteiger partial charge is 0.0518 e. The Morgan fingerprint density at radius 3 is 2.55 bits per heavy atom. The van der Waals surface area contributed by atoms with Crippen LogP contribution in [0.4, 0.5) is 0 Å². The third-order valence-corrected chi connectivity index (χ3v) is 2.16. The van der Waals surface area contributed by atoms with Crippen LogP contribution in [0.1, 0.15) is 39.5 Å². The zero-order valence-corrected chi connectivity index (χ0v) is 7.60. The molecule has 0 aromatic heterocycles. The predicted molar refractivity (Wildman–Crippen MR) is 46.5 cm³/mol. The monoisotopic (exact) mass is 157 g/mol. The quantitative estimate of drug-likeness (QED) is 0.616. The molecule has 2 heteroatoms. The second-order valence-electron chi connectivity index (χ2n) is 3.89. The average molecular weight is 157 g/mol. The van der Waals surface area contributed by atoms with Crippen molar-refractivity contribution < 1.29 is 4.74 Å². The molecule has 2 nitrogen and oxygen atoms in total. The van der Waals surface area contributed by atoms with Gasteiger partial charge in [-0.1, -0.05) is 0 Å². The van der Waals surface area contributed by atoms with Crippen molar-refractivity contribution in [2.45, 2.75) is 51.2 Å². The first-order valence-electron chi connectivity index (χ1n) is 4.53. The SMILES string of the molecule is CC(C)OCCCC1(N)CC1. The summed E-state index contributed by atoms with van der Waals surface area (Å²) < 4.78 is 5.41. The van der Waals surface area contributed by atoms with E-state index in [2.05, 4.69) is 13.8 Å². The van der Waals surface area contributed by atoms with E-state index >= 15 is 0 Å². The van der Waals surface area contributed by atoms with Crippen LogP contribution in [0.5, 0.6) is 0 Å². The largest absolute Gasteiger partial charge is 0.379 e. The maximum Gasteiger partial charge on any atom is 0.0518 e. The molecule has 0 aromatic rings. The molecule has 0 radical (unpaired) electrons. The van der Waals surface area contributed by atoms with Gasteiger partial charge in [0.15, 0.2) is 0 Å². The first-order valence-corrected chi connectivity index (χ1v) is 4.53. The molecule has 0 spiro atoms. The lowest BCUT2D eigenvalue weighted by molar-refractivity contribution is 0.0747. The lowest BCUT2D eigenvalue weighted by atomic mass is 10.1. The Morgan fingerprint density at radius 1 is 1.45 bits per heavy atom. The highest BCUT2D eigenvalue weighted by Gasteiger charge is 2.36. The van der Waals surface area contributed by atoms with Gasteiger partial charge in [-0.15, -0.1) is 0 Å². The van der Waals surface area contributed by atoms with Crippen molar-refractivity contribution >= 4 is 0 Å². The Balaban J connectivity index is 1.88. The third-order valence-electron chi connectivity index (χ3n) is 2.16. The highest BCUT2D eigenvalue weighted by molar-refractivity contribution is 4.97. The zero-order valence-electron chi connectivity index (χ0n) is 7.60. The summed E-state index contributed by atoms with van der Waals surface area (Å²) in [5.74, 6) is 0. The van der Waals surface area contributed by atoms with Crippen LogP contribution in [0.2, 0.25) is 0 Å². The van der Waals surface area contributed by atoms with E-state index in [0.29, 0.717) is 6.10 Å². The Bertz CT molecular complexity index is 119. The van der Waals surface area contributed by atoms with Gasteiger partial charge in [0.1, 0.15) is 0 Å². The van der Waals surface area contributed by atoms with Crippen LogP contribution in [-0.4, -0.2) is 18.2 Å². The molecule has 1 aliphatic carbocycles. The van der Waals surface area contributed by atoms with Crippen LogP contribution in [0.3, 0.4) is 0 Å². The first kappa shape index (κ1) is 9.01. The molecule has 0 aromatic carbocycles. The summed E-state index contributed by atoms with van der Waals surface area (Å²) in [7, 11) is 0. The molecule has 0 aliphatic heterocycles. The van der Waals surface area contributed by atoms with Crippen molar-refractivity contribution in [3.63, 3.8) is 0 Å². The molecule has 0 atom stereocenters. The molecule has 66 valence electrons. The average Bonchev–Trinajstić information content (AvgIpc) is 2.62. The third kappa shape index (κ3) is 3.73. The maximum atomic E-state index is 5.91. The summed E-state index contributed by atoms with van der Waals surface area (Å²) >= 11 is 0. The van der Waals surface area contributed by atoms with E-state index < -0.39 is 0 Å². The number of hydrogen-bond acceptors (Lipinski definition) is 2. The van der Waals surface area contributed by atoms with Gasteiger partial charge < -0.3 is 10.5 Å². The fourth-order valence-corrected chi connectivity index (χ4v) is 1.15. The normalized spacial score (nSPS) is 20.7. The summed E-state index contributed by atoms with van der Waals surface area (Å²) in [5.41, 5.74) is 6.12. The van der Waals surface area contributed by atoms with Gasteiger partial charge in [-0.25, -0.2) is 0 Å². The van der Waals surface area contributed by atoms with Crippen LogP contribution in [-0.2, 0) is 4.74 Å². The number of nitrogens with two attached hydrogens (primary N) is 1. The molecule has 1 aliphatic rings. The van der Waals surface area contributed by atoms with E-state index in [1.54, 1.807) is 0 Å². The second-order valence-corrected chi connectivity index (χ2v) is 3.89. The molecule has 1 fully saturated rings. The van der Waals surface area contributed by atoms with Crippen molar-refractivity contribution in [3.05, 3.63) is 0 Å². The minimum Gasteiger partial charge on any atom is -0.379 e. The molecular weight excluding hydrogens is 138 g/mol. The van der Waals surface area contributed by atoms with Gasteiger partial charge in [0.05, 0.1) is 6.10 Å². The Hall–Kier alpha value is -0.0800. The van der Waals surface area contributed by atoms with E-state index in [1.807, 2.05) is 0 Å². The van der Waals surface area contributed by atoms with E-state index in [1.165, 1.54) is 12.8 Å². The lowest BCUT2D eigenvalue weighted by Gasteiger charge is -2.10. The van der Waals surface area contributed by atoms with Crippen LogP contribution in [0.15, 0.2) is 0 Å². The molecule has 2 N–H and O–H groups in total. The Morgan fingerprint density at radius 2 is 2.09 bits per heavy atom. The van der Waals surface area contributed by atoms with E-state index in [-0.39, 0.29) is 5.54 Å². The standard InChI is InChI=1S/C9H19NO/c1-8(2)11-7-3-4-9(10)5-6-9/h8H,3-7,10H2,1-2H3. The number of hydrogen-bond donors (Lipinski definition) is 1. The van der Waals surface area contributed by atoms with E-state index in [0.717, 1.165) is 19.4 Å². The van der Waals surface area contributed by atoms with Gasteiger partial charge in [-0.05, 0) is 39.5 Å². The molecule has 11 heavy (non-hydrogen) atoms. The molecule has 0 amide bonds. The van der Waals surface area contributed by atoms with Crippen LogP contribution in [0, 0.1) is 0 Å². The first-order chi connectivity index (χ1) is 5.12. The van der Waals surface area contributed by atoms with Crippen molar-refractivity contribution in [1.29, 1.82) is 0 Å². The van der Waals surface area contributed by atoms with Crippen molar-refractivity contribution in [2.75, 3.05) is 6.61 Å². The minimum absolute atomic E-state index is 0.209. The fourth-order valence-electron chi connectivity index (χ4n) is 1.15. The fraction of sp³-hybridized carbons (Fsp3) is 1.00. The van der Waals surface area contributed by atoms with Crippen molar-refractivity contribution in [1.82, 2.24) is 0 Å². The van der Waals surface area contributed by atoms with Crippen LogP contribution in [0.25, 0.3) is 0 Å². The van der Waals surface area contributed by atoms with Gasteiger partial charge in [0.2, 0.25) is 0 Å². The molecule has 1 rings (SSSR count). The van der Waals surface area contributed by atoms with Gasteiger partial charge in [0.25, 0.3) is 0 Å². The van der Waals surface area contributed by atoms with Crippen LogP contribution >= 0.6 is 0 Å². The summed E-state index contributed by atoms with van der Waals surface area (Å²) in [4.78, 5) is 0. The van der Waals surface area contributed by atoms with E-state index in [4.69, 9.17) is 10.5 Å². The zero-order chi connectivity index (χ0) is 8.32. The van der Waals surface area contributed by atoms with Crippen molar-refractivity contribution in [2.24, 2.45) is 5.73 Å². The number of ether oxygens (including phenoxy) is 1. The predicted octanol–water partition coefficient (Wildman–Crippen LogP) is 1.68. The lowest BCUT2D eigenvalue weighted by Crippen LogP contribution is -2.22. The molecule has 0 bridgehead atoms. The molecule has 0 saturated heterocycles. The summed E-state index contributed by atoms with van der Waals surface area (Å²) in [6, 6.07) is 0. The topological polar surface area (TPSA) is 35.2 Å². The highest BCUT2D eigenvalue weighted by Crippen LogP contribution is 2.36. The molecule has 0 heterocycles. The summed E-state index contributed by atoms with van der Waals surface area (Å²) in [5, 5.41) is 0. The maximum absolute atomic E-state index is 5.91. The van der Waals surface area contributed by atoms with E-state index in [9.17, 15) is 0 Å². The molecule has 0 unspecified atom stereocenters. The highest BCUT2D eigenvalue weighted by atomic mass is 16.5. The van der Waals surface area contributed by atoms with Crippen molar-refractivity contribution in [3.8, 4) is 0 Å². The summed E-state index contributed by atoms with van der Waals surface area (Å²) in [6.07, 6.45) is 5.06. The second kappa shape index (κ2) is 3.55. The van der Waals surface area contributed by atoms with Gasteiger partial charge >= 0.3 is 0 Å². The van der Waals surface area contributed by atoms with Gasteiger partial charge in [0, 0.05) is 12.1 Å². The van der Waals surface area contributed by atoms with Gasteiger partial charge in [-0.2, -0.15) is 0 Å². The minimum atomic E-state index is 0.209. The Labute approximate surface area is 69.1 Å². The molecular formula is C9H19NO. The molecule has 1 saturated carbocycles. The Kier molecular flexibility index (Phi) is 2.90. The summed E-state index contributed by atoms with van der Waals surface area (Å²) in [6.45, 7) is 5.00.